The van der Waals surface area contributed by atoms with Crippen LogP contribution in [0.3, 0.4) is 0 Å². The Hall–Kier alpha value is -2.61. The molecule has 132 valence electrons. The van der Waals surface area contributed by atoms with Gasteiger partial charge in [0.15, 0.2) is 0 Å². The van der Waals surface area contributed by atoms with Crippen LogP contribution in [0.15, 0.2) is 108 Å². The minimum Gasteiger partial charge on any atom is -0.227 e. The number of thiazole rings is 1. The molecule has 0 bridgehead atoms. The average Bonchev–Trinajstić information content (AvgIpc) is 3.26. The van der Waals surface area contributed by atoms with Gasteiger partial charge >= 0.3 is 0 Å². The first-order valence-electron chi connectivity index (χ1n) is 8.80. The number of aliphatic imine (C=N–C) groups is 1. The van der Waals surface area contributed by atoms with Gasteiger partial charge in [-0.1, -0.05) is 91.0 Å². The van der Waals surface area contributed by atoms with Crippen molar-refractivity contribution >= 4 is 40.7 Å². The zero-order valence-electron chi connectivity index (χ0n) is 14.8. The van der Waals surface area contributed by atoms with Crippen molar-refractivity contribution in [2.45, 2.75) is 0 Å². The molecule has 4 heteroatoms. The number of aromatic nitrogens is 1. The molecular weight excluding hydrogens is 367 g/mol. The van der Waals surface area contributed by atoms with Crippen molar-refractivity contribution in [1.29, 1.82) is 0 Å². The molecule has 0 saturated carbocycles. The number of hydrogen-bond donors (Lipinski definition) is 0. The molecule has 27 heavy (non-hydrogen) atoms. The molecule has 0 aliphatic carbocycles. The van der Waals surface area contributed by atoms with Crippen LogP contribution in [-0.2, 0) is 0 Å². The summed E-state index contributed by atoms with van der Waals surface area (Å²) in [4.78, 5) is 9.29. The van der Waals surface area contributed by atoms with Gasteiger partial charge < -0.3 is 0 Å². The molecule has 2 nitrogen and oxygen atoms in total. The summed E-state index contributed by atoms with van der Waals surface area (Å²) in [6, 6.07) is 32.0. The molecule has 0 saturated heterocycles. The second kappa shape index (κ2) is 8.85. The van der Waals surface area contributed by atoms with Crippen molar-refractivity contribution in [2.75, 3.05) is 6.16 Å². The zero-order chi connectivity index (χ0) is 18.3. The molecule has 4 aromatic rings. The highest BCUT2D eigenvalue weighted by Crippen LogP contribution is 2.35. The molecule has 0 aliphatic heterocycles. The van der Waals surface area contributed by atoms with Gasteiger partial charge in [-0.3, -0.25) is 0 Å². The lowest BCUT2D eigenvalue weighted by molar-refractivity contribution is 1.35. The molecule has 0 aliphatic rings. The number of nitrogens with zero attached hydrogens (tertiary/aromatic N) is 2. The molecule has 0 unspecified atom stereocenters. The first-order valence-corrected chi connectivity index (χ1v) is 11.2. The lowest BCUT2D eigenvalue weighted by Crippen LogP contribution is -2.19. The lowest BCUT2D eigenvalue weighted by atomic mass is 10.1. The van der Waals surface area contributed by atoms with Crippen LogP contribution in [0, 0.1) is 0 Å². The van der Waals surface area contributed by atoms with Crippen LogP contribution in [0.1, 0.15) is 5.56 Å². The van der Waals surface area contributed by atoms with Crippen LogP contribution < -0.4 is 10.6 Å². The van der Waals surface area contributed by atoms with Crippen LogP contribution in [0.5, 0.6) is 0 Å². The van der Waals surface area contributed by atoms with Gasteiger partial charge in [0.25, 0.3) is 0 Å². The Labute approximate surface area is 165 Å². The zero-order valence-corrected chi connectivity index (χ0v) is 16.5. The third-order valence-corrected chi connectivity index (χ3v) is 7.32. The van der Waals surface area contributed by atoms with E-state index in [0.717, 1.165) is 22.6 Å². The van der Waals surface area contributed by atoms with Crippen LogP contribution in [0.2, 0.25) is 0 Å². The van der Waals surface area contributed by atoms with Gasteiger partial charge in [-0.05, 0) is 24.1 Å². The van der Waals surface area contributed by atoms with Gasteiger partial charge in [-0.2, -0.15) is 0 Å². The van der Waals surface area contributed by atoms with Gasteiger partial charge in [0, 0.05) is 17.7 Å². The SMILES string of the molecule is c1ccc(C(CP(c2ccccc2)c2ccccc2)=Nc2nccs2)cc1. The van der Waals surface area contributed by atoms with Crippen molar-refractivity contribution in [3.63, 3.8) is 0 Å². The minimum absolute atomic E-state index is 0.550. The van der Waals surface area contributed by atoms with E-state index < -0.39 is 7.92 Å². The Morgan fingerprint density at radius 1 is 0.778 bits per heavy atom. The van der Waals surface area contributed by atoms with Crippen LogP contribution in [0.25, 0.3) is 0 Å². The fourth-order valence-corrected chi connectivity index (χ4v) is 5.71. The topological polar surface area (TPSA) is 25.2 Å². The molecule has 1 aromatic heterocycles. The quantitative estimate of drug-likeness (QED) is 0.322. The summed E-state index contributed by atoms with van der Waals surface area (Å²) in [6.45, 7) is 0. The predicted molar refractivity (Wildman–Crippen MR) is 119 cm³/mol. The van der Waals surface area contributed by atoms with E-state index in [-0.39, 0.29) is 0 Å². The van der Waals surface area contributed by atoms with Gasteiger partial charge in [0.05, 0.1) is 5.71 Å². The number of benzene rings is 3. The molecule has 0 atom stereocenters. The summed E-state index contributed by atoms with van der Waals surface area (Å²) in [5, 5.41) is 5.51. The summed E-state index contributed by atoms with van der Waals surface area (Å²) < 4.78 is 0. The molecule has 0 radical (unpaired) electrons. The Balaban J connectivity index is 1.77. The van der Waals surface area contributed by atoms with Crippen molar-refractivity contribution < 1.29 is 0 Å². The van der Waals surface area contributed by atoms with Crippen LogP contribution in [-0.4, -0.2) is 16.9 Å². The average molecular weight is 386 g/mol. The fourth-order valence-electron chi connectivity index (χ4n) is 2.91. The highest BCUT2D eigenvalue weighted by molar-refractivity contribution is 7.73. The second-order valence-electron chi connectivity index (χ2n) is 6.00. The number of rotatable bonds is 6. The molecule has 0 amide bonds. The molecule has 0 N–H and O–H groups in total. The molecule has 3 aromatic carbocycles. The largest absolute Gasteiger partial charge is 0.227 e. The maximum atomic E-state index is 4.92. The Bertz CT molecular complexity index is 945. The normalized spacial score (nSPS) is 11.7. The van der Waals surface area contributed by atoms with E-state index >= 15 is 0 Å². The third-order valence-electron chi connectivity index (χ3n) is 4.20. The van der Waals surface area contributed by atoms with Crippen molar-refractivity contribution in [1.82, 2.24) is 4.98 Å². The van der Waals surface area contributed by atoms with Crippen molar-refractivity contribution in [2.24, 2.45) is 4.99 Å². The summed E-state index contributed by atoms with van der Waals surface area (Å²) >= 11 is 1.57. The standard InChI is InChI=1S/C23H19N2PS/c1-4-10-19(11-5-1)22(25-23-24-16-17-27-23)18-26(20-12-6-2-7-13-20)21-14-8-3-9-15-21/h1-17H,18H2. The van der Waals surface area contributed by atoms with Gasteiger partial charge in [0.1, 0.15) is 0 Å². The highest BCUT2D eigenvalue weighted by atomic mass is 32.1. The molecule has 1 heterocycles. The van der Waals surface area contributed by atoms with Crippen molar-refractivity contribution in [3.8, 4) is 0 Å². The maximum Gasteiger partial charge on any atom is 0.209 e. The minimum atomic E-state index is -0.550. The number of hydrogen-bond acceptors (Lipinski definition) is 3. The summed E-state index contributed by atoms with van der Waals surface area (Å²) in [5.41, 5.74) is 2.25. The summed E-state index contributed by atoms with van der Waals surface area (Å²) in [5.74, 6) is 0. The van der Waals surface area contributed by atoms with E-state index in [9.17, 15) is 0 Å². The van der Waals surface area contributed by atoms with Crippen LogP contribution in [0.4, 0.5) is 5.13 Å². The van der Waals surface area contributed by atoms with E-state index in [0.29, 0.717) is 0 Å². The first kappa shape index (κ1) is 17.8. The van der Waals surface area contributed by atoms with E-state index in [1.807, 2.05) is 17.6 Å². The molecular formula is C23H19N2PS. The Morgan fingerprint density at radius 2 is 1.33 bits per heavy atom. The molecule has 0 fully saturated rings. The van der Waals surface area contributed by atoms with Gasteiger partial charge in [-0.15, -0.1) is 11.3 Å². The van der Waals surface area contributed by atoms with E-state index in [4.69, 9.17) is 4.99 Å². The molecule has 4 rings (SSSR count). The summed E-state index contributed by atoms with van der Waals surface area (Å²) in [6.07, 6.45) is 2.69. The monoisotopic (exact) mass is 386 g/mol. The van der Waals surface area contributed by atoms with Gasteiger partial charge in [-0.25, -0.2) is 9.98 Å². The van der Waals surface area contributed by atoms with Crippen molar-refractivity contribution in [3.05, 3.63) is 108 Å². The Morgan fingerprint density at radius 3 is 1.85 bits per heavy atom. The van der Waals surface area contributed by atoms with Gasteiger partial charge in [0.2, 0.25) is 5.13 Å². The summed E-state index contributed by atoms with van der Waals surface area (Å²) in [7, 11) is -0.550. The third kappa shape index (κ3) is 4.57. The van der Waals surface area contributed by atoms with E-state index in [1.54, 1.807) is 11.3 Å². The highest BCUT2D eigenvalue weighted by Gasteiger charge is 2.18. The van der Waals surface area contributed by atoms with Crippen LogP contribution >= 0.6 is 19.3 Å². The first-order chi connectivity index (χ1) is 13.4. The smallest absolute Gasteiger partial charge is 0.209 e. The van der Waals surface area contributed by atoms with E-state index in [1.165, 1.54) is 10.6 Å². The predicted octanol–water partition coefficient (Wildman–Crippen LogP) is 5.40. The second-order valence-corrected chi connectivity index (χ2v) is 9.07. The Kier molecular flexibility index (Phi) is 5.83. The maximum absolute atomic E-state index is 4.92. The van der Waals surface area contributed by atoms with E-state index in [2.05, 4.69) is 89.9 Å². The lowest BCUT2D eigenvalue weighted by Gasteiger charge is -2.20. The fraction of sp³-hybridized carbons (Fsp3) is 0.0435. The molecule has 0 spiro atoms.